The smallest absolute Gasteiger partial charge is 0.0963 e. The molecule has 0 spiro atoms. The third kappa shape index (κ3) is 3.33. The van der Waals surface area contributed by atoms with Crippen molar-refractivity contribution in [1.29, 1.82) is 0 Å². The standard InChI is InChI=1S/C15H26N2S/c1-10(2)9-13-14(11(3)4)18-15(17-13)12-5-7-16-8-6-12/h10-12,16H,5-9H2,1-4H3. The molecule has 1 aromatic rings. The summed E-state index contributed by atoms with van der Waals surface area (Å²) in [5.74, 6) is 2.02. The van der Waals surface area contributed by atoms with Gasteiger partial charge in [0.1, 0.15) is 0 Å². The number of aromatic nitrogens is 1. The summed E-state index contributed by atoms with van der Waals surface area (Å²) in [6.07, 6.45) is 3.65. The van der Waals surface area contributed by atoms with Crippen LogP contribution in [-0.2, 0) is 6.42 Å². The van der Waals surface area contributed by atoms with Crippen LogP contribution >= 0.6 is 11.3 Å². The molecule has 1 N–H and O–H groups in total. The van der Waals surface area contributed by atoms with Crippen molar-refractivity contribution in [3.63, 3.8) is 0 Å². The topological polar surface area (TPSA) is 24.9 Å². The van der Waals surface area contributed by atoms with E-state index in [1.54, 1.807) is 0 Å². The minimum atomic E-state index is 0.617. The van der Waals surface area contributed by atoms with Crippen LogP contribution in [0.15, 0.2) is 0 Å². The summed E-state index contributed by atoms with van der Waals surface area (Å²) in [6, 6.07) is 0. The van der Waals surface area contributed by atoms with Crippen LogP contribution in [0.4, 0.5) is 0 Å². The zero-order valence-corrected chi connectivity index (χ0v) is 12.9. The van der Waals surface area contributed by atoms with Crippen LogP contribution in [0.2, 0.25) is 0 Å². The molecule has 0 aliphatic carbocycles. The van der Waals surface area contributed by atoms with Gasteiger partial charge in [0, 0.05) is 10.8 Å². The highest BCUT2D eigenvalue weighted by molar-refractivity contribution is 7.11. The Labute approximate surface area is 115 Å². The Morgan fingerprint density at radius 3 is 2.44 bits per heavy atom. The Morgan fingerprint density at radius 2 is 1.89 bits per heavy atom. The van der Waals surface area contributed by atoms with E-state index in [0.29, 0.717) is 17.8 Å². The first-order valence-corrected chi connectivity index (χ1v) is 8.09. The molecule has 1 fully saturated rings. The molecule has 18 heavy (non-hydrogen) atoms. The Kier molecular flexibility index (Phi) is 4.79. The molecule has 0 saturated carbocycles. The highest BCUT2D eigenvalue weighted by atomic mass is 32.1. The molecule has 1 aliphatic heterocycles. The molecular weight excluding hydrogens is 240 g/mol. The van der Waals surface area contributed by atoms with Gasteiger partial charge in [0.05, 0.1) is 10.7 Å². The van der Waals surface area contributed by atoms with E-state index in [2.05, 4.69) is 33.0 Å². The normalized spacial score (nSPS) is 17.9. The lowest BCUT2D eigenvalue weighted by atomic mass is 9.99. The average molecular weight is 266 g/mol. The highest BCUT2D eigenvalue weighted by Gasteiger charge is 2.22. The maximum absolute atomic E-state index is 4.99. The minimum absolute atomic E-state index is 0.617. The first kappa shape index (κ1) is 14.0. The molecule has 1 aliphatic rings. The first-order valence-electron chi connectivity index (χ1n) is 7.28. The second kappa shape index (κ2) is 6.16. The van der Waals surface area contributed by atoms with Crippen molar-refractivity contribution in [1.82, 2.24) is 10.3 Å². The van der Waals surface area contributed by atoms with Crippen LogP contribution in [-0.4, -0.2) is 18.1 Å². The van der Waals surface area contributed by atoms with E-state index in [4.69, 9.17) is 4.98 Å². The zero-order chi connectivity index (χ0) is 13.1. The van der Waals surface area contributed by atoms with Gasteiger partial charge in [0.15, 0.2) is 0 Å². The summed E-state index contributed by atoms with van der Waals surface area (Å²) in [5, 5.41) is 4.84. The molecular formula is C15H26N2S. The molecule has 2 nitrogen and oxygen atoms in total. The summed E-state index contributed by atoms with van der Waals surface area (Å²) in [6.45, 7) is 11.5. The van der Waals surface area contributed by atoms with E-state index in [0.717, 1.165) is 19.5 Å². The number of piperidine rings is 1. The second-order valence-corrected chi connectivity index (χ2v) is 7.20. The van der Waals surface area contributed by atoms with E-state index in [9.17, 15) is 0 Å². The lowest BCUT2D eigenvalue weighted by Gasteiger charge is -2.20. The van der Waals surface area contributed by atoms with Gasteiger partial charge in [-0.3, -0.25) is 0 Å². The summed E-state index contributed by atoms with van der Waals surface area (Å²) in [5.41, 5.74) is 1.37. The summed E-state index contributed by atoms with van der Waals surface area (Å²) < 4.78 is 0. The fourth-order valence-corrected chi connectivity index (χ4v) is 3.88. The fraction of sp³-hybridized carbons (Fsp3) is 0.800. The molecule has 0 bridgehead atoms. The largest absolute Gasteiger partial charge is 0.317 e. The Morgan fingerprint density at radius 1 is 1.22 bits per heavy atom. The third-order valence-corrected chi connectivity index (χ3v) is 5.12. The van der Waals surface area contributed by atoms with Gasteiger partial charge < -0.3 is 5.32 Å². The van der Waals surface area contributed by atoms with E-state index in [-0.39, 0.29) is 0 Å². The van der Waals surface area contributed by atoms with Gasteiger partial charge in [-0.05, 0) is 44.2 Å². The third-order valence-electron chi connectivity index (χ3n) is 3.56. The van der Waals surface area contributed by atoms with Gasteiger partial charge in [-0.15, -0.1) is 11.3 Å². The van der Waals surface area contributed by atoms with Gasteiger partial charge in [-0.25, -0.2) is 4.98 Å². The van der Waals surface area contributed by atoms with Gasteiger partial charge in [0.25, 0.3) is 0 Å². The molecule has 0 aromatic carbocycles. The van der Waals surface area contributed by atoms with Crippen molar-refractivity contribution in [2.75, 3.05) is 13.1 Å². The quantitative estimate of drug-likeness (QED) is 0.893. The van der Waals surface area contributed by atoms with Crippen LogP contribution < -0.4 is 5.32 Å². The summed E-state index contributed by atoms with van der Waals surface area (Å²) in [4.78, 5) is 6.51. The molecule has 3 heteroatoms. The van der Waals surface area contributed by atoms with E-state index in [1.807, 2.05) is 11.3 Å². The minimum Gasteiger partial charge on any atom is -0.317 e. The van der Waals surface area contributed by atoms with Crippen LogP contribution in [0.25, 0.3) is 0 Å². The number of nitrogens with one attached hydrogen (secondary N) is 1. The number of thiazole rings is 1. The van der Waals surface area contributed by atoms with Gasteiger partial charge in [-0.1, -0.05) is 27.7 Å². The zero-order valence-electron chi connectivity index (χ0n) is 12.1. The molecule has 1 aromatic heterocycles. The van der Waals surface area contributed by atoms with E-state index < -0.39 is 0 Å². The van der Waals surface area contributed by atoms with Gasteiger partial charge >= 0.3 is 0 Å². The maximum atomic E-state index is 4.99. The van der Waals surface area contributed by atoms with E-state index >= 15 is 0 Å². The fourth-order valence-electron chi connectivity index (χ4n) is 2.61. The van der Waals surface area contributed by atoms with E-state index in [1.165, 1.54) is 28.4 Å². The van der Waals surface area contributed by atoms with Gasteiger partial charge in [0.2, 0.25) is 0 Å². The highest BCUT2D eigenvalue weighted by Crippen LogP contribution is 2.35. The lowest BCUT2D eigenvalue weighted by Crippen LogP contribution is -2.26. The molecule has 102 valence electrons. The van der Waals surface area contributed by atoms with Crippen molar-refractivity contribution in [2.24, 2.45) is 5.92 Å². The Bertz CT molecular complexity index is 376. The monoisotopic (exact) mass is 266 g/mol. The number of nitrogens with zero attached hydrogens (tertiary/aromatic N) is 1. The van der Waals surface area contributed by atoms with Crippen LogP contribution in [0, 0.1) is 5.92 Å². The van der Waals surface area contributed by atoms with Crippen molar-refractivity contribution in [3.8, 4) is 0 Å². The van der Waals surface area contributed by atoms with Crippen LogP contribution in [0.1, 0.15) is 68.0 Å². The second-order valence-electron chi connectivity index (χ2n) is 6.14. The Hall–Kier alpha value is -0.410. The predicted octanol–water partition coefficient (Wildman–Crippen LogP) is 3.93. The SMILES string of the molecule is CC(C)Cc1nc(C2CCNCC2)sc1C(C)C. The van der Waals surface area contributed by atoms with Crippen molar-refractivity contribution >= 4 is 11.3 Å². The number of hydrogen-bond acceptors (Lipinski definition) is 3. The van der Waals surface area contributed by atoms with Crippen molar-refractivity contribution < 1.29 is 0 Å². The molecule has 0 amide bonds. The van der Waals surface area contributed by atoms with Crippen LogP contribution in [0.3, 0.4) is 0 Å². The molecule has 2 heterocycles. The average Bonchev–Trinajstić information content (AvgIpc) is 2.73. The molecule has 0 atom stereocenters. The molecule has 0 radical (unpaired) electrons. The molecule has 2 rings (SSSR count). The van der Waals surface area contributed by atoms with Crippen LogP contribution in [0.5, 0.6) is 0 Å². The Balaban J connectivity index is 2.20. The summed E-state index contributed by atoms with van der Waals surface area (Å²) in [7, 11) is 0. The first-order chi connectivity index (χ1) is 8.58. The van der Waals surface area contributed by atoms with Crippen molar-refractivity contribution in [2.45, 2.75) is 58.8 Å². The molecule has 0 unspecified atom stereocenters. The summed E-state index contributed by atoms with van der Waals surface area (Å²) >= 11 is 1.98. The maximum Gasteiger partial charge on any atom is 0.0963 e. The van der Waals surface area contributed by atoms with Gasteiger partial charge in [-0.2, -0.15) is 0 Å². The van der Waals surface area contributed by atoms with Crippen molar-refractivity contribution in [3.05, 3.63) is 15.6 Å². The lowest BCUT2D eigenvalue weighted by molar-refractivity contribution is 0.458. The predicted molar refractivity (Wildman–Crippen MR) is 79.6 cm³/mol. The number of rotatable bonds is 4. The molecule has 1 saturated heterocycles. The number of hydrogen-bond donors (Lipinski definition) is 1.